The van der Waals surface area contributed by atoms with Gasteiger partial charge in [-0.1, -0.05) is 146 Å². The maximum absolute atomic E-state index is 5.15. The van der Waals surface area contributed by atoms with E-state index in [-0.39, 0.29) is 0 Å². The SMILES string of the molecule is c1ccc(-c2cc(-c3ccc(-c4cccc(-c5ccnc(-c6nc7ccccc7n6-c6ccccc6)c5)c4)c4ccccc34)nc(-c3ccccc3)n2)cc1. The molecule has 0 aliphatic carbocycles. The fourth-order valence-electron chi connectivity index (χ4n) is 7.47. The van der Waals surface area contributed by atoms with E-state index in [9.17, 15) is 0 Å². The second-order valence-corrected chi connectivity index (χ2v) is 13.5. The highest BCUT2D eigenvalue weighted by Gasteiger charge is 2.18. The lowest BCUT2D eigenvalue weighted by molar-refractivity contribution is 1.08. The zero-order chi connectivity index (χ0) is 36.6. The van der Waals surface area contributed by atoms with Crippen LogP contribution in [-0.2, 0) is 0 Å². The van der Waals surface area contributed by atoms with Gasteiger partial charge in [0, 0.05) is 28.6 Å². The van der Waals surface area contributed by atoms with Crippen LogP contribution in [-0.4, -0.2) is 24.5 Å². The molecule has 5 heteroatoms. The first kappa shape index (κ1) is 32.2. The lowest BCUT2D eigenvalue weighted by Gasteiger charge is -2.14. The number of para-hydroxylation sites is 3. The van der Waals surface area contributed by atoms with Crippen LogP contribution in [0.25, 0.3) is 95.2 Å². The Bertz CT molecular complexity index is 2910. The molecule has 10 rings (SSSR count). The number of imidazole rings is 1. The number of benzene rings is 7. The minimum Gasteiger partial charge on any atom is -0.291 e. The van der Waals surface area contributed by atoms with Crippen molar-refractivity contribution in [2.45, 2.75) is 0 Å². The molecular weight excluding hydrogens is 671 g/mol. The van der Waals surface area contributed by atoms with Crippen molar-refractivity contribution >= 4 is 21.8 Å². The lowest BCUT2D eigenvalue weighted by Crippen LogP contribution is -1.99. The van der Waals surface area contributed by atoms with Gasteiger partial charge < -0.3 is 0 Å². The fourth-order valence-corrected chi connectivity index (χ4v) is 7.47. The molecular formula is C50H33N5. The Kier molecular flexibility index (Phi) is 8.08. The summed E-state index contributed by atoms with van der Waals surface area (Å²) in [7, 11) is 0. The number of rotatable bonds is 7. The zero-order valence-corrected chi connectivity index (χ0v) is 29.8. The second kappa shape index (κ2) is 13.8. The van der Waals surface area contributed by atoms with Crippen LogP contribution >= 0.6 is 0 Å². The topological polar surface area (TPSA) is 56.5 Å². The molecule has 0 aliphatic rings. The van der Waals surface area contributed by atoms with Gasteiger partial charge in [-0.2, -0.15) is 0 Å². The van der Waals surface area contributed by atoms with Gasteiger partial charge in [0.2, 0.25) is 0 Å². The Labute approximate surface area is 318 Å². The van der Waals surface area contributed by atoms with E-state index in [0.717, 1.165) is 89.3 Å². The molecule has 0 fully saturated rings. The van der Waals surface area contributed by atoms with E-state index < -0.39 is 0 Å². The van der Waals surface area contributed by atoms with Crippen LogP contribution in [0.4, 0.5) is 0 Å². The van der Waals surface area contributed by atoms with Gasteiger partial charge >= 0.3 is 0 Å². The molecule has 0 saturated heterocycles. The van der Waals surface area contributed by atoms with Gasteiger partial charge in [-0.15, -0.1) is 0 Å². The summed E-state index contributed by atoms with van der Waals surface area (Å²) in [6, 6.07) is 67.2. The van der Waals surface area contributed by atoms with E-state index in [4.69, 9.17) is 19.9 Å². The smallest absolute Gasteiger partial charge is 0.164 e. The third-order valence-electron chi connectivity index (χ3n) is 10.1. The van der Waals surface area contributed by atoms with Crippen LogP contribution in [0.2, 0.25) is 0 Å². The molecule has 258 valence electrons. The van der Waals surface area contributed by atoms with Crippen molar-refractivity contribution in [3.63, 3.8) is 0 Å². The maximum Gasteiger partial charge on any atom is 0.164 e. The normalized spacial score (nSPS) is 11.3. The standard InChI is InChI=1S/C50H33N5/c1-4-15-34(16-5-1)45-33-46(53-49(52-45)35-17-6-2-7-18-35)43-28-27-40(41-23-10-11-24-42(41)43)38-20-14-19-36(31-38)37-29-30-51-47(32-37)50-54-44-25-12-13-26-48(44)55(50)39-21-8-3-9-22-39/h1-33H. The summed E-state index contributed by atoms with van der Waals surface area (Å²) < 4.78 is 2.19. The van der Waals surface area contributed by atoms with Crippen LogP contribution in [0.1, 0.15) is 0 Å². The van der Waals surface area contributed by atoms with E-state index >= 15 is 0 Å². The molecule has 0 saturated carbocycles. The van der Waals surface area contributed by atoms with Crippen molar-refractivity contribution in [3.05, 3.63) is 200 Å². The van der Waals surface area contributed by atoms with Crippen molar-refractivity contribution in [3.8, 4) is 73.4 Å². The highest BCUT2D eigenvalue weighted by molar-refractivity contribution is 6.05. The molecule has 3 heterocycles. The number of nitrogens with zero attached hydrogens (tertiary/aromatic N) is 5. The molecule has 0 spiro atoms. The number of pyridine rings is 1. The van der Waals surface area contributed by atoms with Gasteiger partial charge in [0.25, 0.3) is 0 Å². The van der Waals surface area contributed by atoms with Gasteiger partial charge in [0.1, 0.15) is 5.69 Å². The van der Waals surface area contributed by atoms with E-state index in [1.54, 1.807) is 0 Å². The van der Waals surface area contributed by atoms with Gasteiger partial charge in [-0.25, -0.2) is 15.0 Å². The number of hydrogen-bond acceptors (Lipinski definition) is 4. The van der Waals surface area contributed by atoms with Crippen LogP contribution < -0.4 is 0 Å². The summed E-state index contributed by atoms with van der Waals surface area (Å²) in [6.45, 7) is 0. The molecule has 0 atom stereocenters. The molecule has 0 bridgehead atoms. The molecule has 0 aliphatic heterocycles. The lowest BCUT2D eigenvalue weighted by atomic mass is 9.92. The molecule has 55 heavy (non-hydrogen) atoms. The quantitative estimate of drug-likeness (QED) is 0.166. The molecule has 0 N–H and O–H groups in total. The molecule has 5 nitrogen and oxygen atoms in total. The van der Waals surface area contributed by atoms with E-state index in [2.05, 4.69) is 150 Å². The Morgan fingerprint density at radius 3 is 1.76 bits per heavy atom. The Hall–Kier alpha value is -7.50. The molecule has 0 amide bonds. The van der Waals surface area contributed by atoms with Crippen molar-refractivity contribution in [2.24, 2.45) is 0 Å². The highest BCUT2D eigenvalue weighted by atomic mass is 15.1. The van der Waals surface area contributed by atoms with Crippen molar-refractivity contribution in [1.82, 2.24) is 24.5 Å². The highest BCUT2D eigenvalue weighted by Crippen LogP contribution is 2.38. The first-order valence-corrected chi connectivity index (χ1v) is 18.4. The fraction of sp³-hybridized carbons (Fsp3) is 0. The van der Waals surface area contributed by atoms with Crippen LogP contribution in [0.3, 0.4) is 0 Å². The van der Waals surface area contributed by atoms with Crippen LogP contribution in [0.15, 0.2) is 200 Å². The minimum absolute atomic E-state index is 0.703. The van der Waals surface area contributed by atoms with Crippen LogP contribution in [0, 0.1) is 0 Å². The predicted molar refractivity (Wildman–Crippen MR) is 225 cm³/mol. The second-order valence-electron chi connectivity index (χ2n) is 13.5. The number of fused-ring (bicyclic) bond motifs is 2. The first-order valence-electron chi connectivity index (χ1n) is 18.4. The molecule has 3 aromatic heterocycles. The Morgan fingerprint density at radius 2 is 0.964 bits per heavy atom. The largest absolute Gasteiger partial charge is 0.291 e. The summed E-state index contributed by atoms with van der Waals surface area (Å²) in [5, 5.41) is 2.29. The maximum atomic E-state index is 5.15. The van der Waals surface area contributed by atoms with E-state index in [1.807, 2.05) is 54.7 Å². The summed E-state index contributed by atoms with van der Waals surface area (Å²) >= 11 is 0. The number of hydrogen-bond donors (Lipinski definition) is 0. The first-order chi connectivity index (χ1) is 27.3. The number of aromatic nitrogens is 5. The van der Waals surface area contributed by atoms with Gasteiger partial charge in [-0.05, 0) is 81.6 Å². The molecule has 0 radical (unpaired) electrons. The predicted octanol–water partition coefficient (Wildman–Crippen LogP) is 12.4. The molecule has 0 unspecified atom stereocenters. The summed E-state index contributed by atoms with van der Waals surface area (Å²) in [4.78, 5) is 20.1. The summed E-state index contributed by atoms with van der Waals surface area (Å²) in [5.41, 5.74) is 13.2. The average molecular weight is 704 g/mol. The van der Waals surface area contributed by atoms with E-state index in [0.29, 0.717) is 5.82 Å². The Balaban J connectivity index is 1.07. The third kappa shape index (κ3) is 6.04. The van der Waals surface area contributed by atoms with Gasteiger partial charge in [-0.3, -0.25) is 9.55 Å². The third-order valence-corrected chi connectivity index (χ3v) is 10.1. The summed E-state index contributed by atoms with van der Waals surface area (Å²) in [6.07, 6.45) is 1.88. The Morgan fingerprint density at radius 1 is 0.364 bits per heavy atom. The average Bonchev–Trinajstić information content (AvgIpc) is 3.67. The van der Waals surface area contributed by atoms with Gasteiger partial charge in [0.05, 0.1) is 22.4 Å². The van der Waals surface area contributed by atoms with Crippen molar-refractivity contribution in [2.75, 3.05) is 0 Å². The van der Waals surface area contributed by atoms with Gasteiger partial charge in [0.15, 0.2) is 11.6 Å². The van der Waals surface area contributed by atoms with Crippen molar-refractivity contribution in [1.29, 1.82) is 0 Å². The van der Waals surface area contributed by atoms with Crippen molar-refractivity contribution < 1.29 is 0 Å². The molecule has 7 aromatic carbocycles. The zero-order valence-electron chi connectivity index (χ0n) is 29.8. The van der Waals surface area contributed by atoms with E-state index in [1.165, 1.54) is 0 Å². The van der Waals surface area contributed by atoms with Crippen LogP contribution in [0.5, 0.6) is 0 Å². The monoisotopic (exact) mass is 703 g/mol. The molecule has 10 aromatic rings. The summed E-state index contributed by atoms with van der Waals surface area (Å²) in [5.74, 6) is 1.51. The minimum atomic E-state index is 0.703.